The zero-order valence-electron chi connectivity index (χ0n) is 10.9. The average Bonchev–Trinajstić information content (AvgIpc) is 2.38. The van der Waals surface area contributed by atoms with Gasteiger partial charge in [-0.05, 0) is 26.1 Å². The number of amides is 1. The van der Waals surface area contributed by atoms with Crippen molar-refractivity contribution in [1.29, 1.82) is 0 Å². The molecule has 0 saturated carbocycles. The highest BCUT2D eigenvalue weighted by Gasteiger charge is 2.19. The van der Waals surface area contributed by atoms with Gasteiger partial charge in [0.2, 0.25) is 0 Å². The SMILES string of the molecule is CNCCCN(C)C(=O)c1cc([N+](=O)[O-])ccc1F. The minimum absolute atomic E-state index is 0.277. The van der Waals surface area contributed by atoms with E-state index >= 15 is 0 Å². The zero-order valence-corrected chi connectivity index (χ0v) is 10.9. The number of hydrogen-bond acceptors (Lipinski definition) is 4. The smallest absolute Gasteiger partial charge is 0.270 e. The van der Waals surface area contributed by atoms with E-state index in [1.165, 1.54) is 11.9 Å². The molecule has 0 spiro atoms. The summed E-state index contributed by atoms with van der Waals surface area (Å²) in [6.45, 7) is 1.18. The molecule has 0 unspecified atom stereocenters. The number of rotatable bonds is 6. The van der Waals surface area contributed by atoms with E-state index in [0.29, 0.717) is 6.54 Å². The van der Waals surface area contributed by atoms with E-state index in [0.717, 1.165) is 31.2 Å². The molecular formula is C12H16FN3O3. The van der Waals surface area contributed by atoms with E-state index in [9.17, 15) is 19.3 Å². The van der Waals surface area contributed by atoms with E-state index in [4.69, 9.17) is 0 Å². The summed E-state index contributed by atoms with van der Waals surface area (Å²) in [5.74, 6) is -1.31. The number of carbonyl (C=O) groups excluding carboxylic acids is 1. The van der Waals surface area contributed by atoms with Crippen LogP contribution in [0.3, 0.4) is 0 Å². The van der Waals surface area contributed by atoms with Crippen LogP contribution in [0.25, 0.3) is 0 Å². The van der Waals surface area contributed by atoms with E-state index < -0.39 is 16.6 Å². The van der Waals surface area contributed by atoms with E-state index in [-0.39, 0.29) is 11.3 Å². The number of nitro groups is 1. The van der Waals surface area contributed by atoms with E-state index in [2.05, 4.69) is 5.32 Å². The lowest BCUT2D eigenvalue weighted by Gasteiger charge is -2.17. The molecule has 0 saturated heterocycles. The third-order valence-corrected chi connectivity index (χ3v) is 2.66. The summed E-state index contributed by atoms with van der Waals surface area (Å²) in [6, 6.07) is 2.94. The monoisotopic (exact) mass is 269 g/mol. The predicted molar refractivity (Wildman–Crippen MR) is 68.6 cm³/mol. The summed E-state index contributed by atoms with van der Waals surface area (Å²) in [5.41, 5.74) is -0.575. The Morgan fingerprint density at radius 3 is 2.79 bits per heavy atom. The maximum Gasteiger partial charge on any atom is 0.270 e. The van der Waals surface area contributed by atoms with E-state index in [1.807, 2.05) is 0 Å². The molecule has 0 heterocycles. The molecule has 1 aromatic rings. The Bertz CT molecular complexity index is 479. The molecule has 0 aliphatic carbocycles. The summed E-state index contributed by atoms with van der Waals surface area (Å²) < 4.78 is 13.5. The lowest BCUT2D eigenvalue weighted by Crippen LogP contribution is -2.30. The standard InChI is InChI=1S/C12H16FN3O3/c1-14-6-3-7-15(2)12(17)10-8-9(16(18)19)4-5-11(10)13/h4-5,8,14H,3,6-7H2,1-2H3. The summed E-state index contributed by atoms with van der Waals surface area (Å²) >= 11 is 0. The van der Waals surface area contributed by atoms with Crippen molar-refractivity contribution >= 4 is 11.6 Å². The maximum atomic E-state index is 13.5. The number of halogens is 1. The molecule has 104 valence electrons. The third kappa shape index (κ3) is 3.99. The van der Waals surface area contributed by atoms with Gasteiger partial charge in [0.1, 0.15) is 5.82 Å². The van der Waals surface area contributed by atoms with Crippen molar-refractivity contribution in [2.75, 3.05) is 27.2 Å². The third-order valence-electron chi connectivity index (χ3n) is 2.66. The second kappa shape index (κ2) is 6.79. The van der Waals surface area contributed by atoms with Gasteiger partial charge in [0.05, 0.1) is 10.5 Å². The summed E-state index contributed by atoms with van der Waals surface area (Å²) in [4.78, 5) is 23.3. The molecule has 7 heteroatoms. The Labute approximate surface area is 110 Å². The highest BCUT2D eigenvalue weighted by Crippen LogP contribution is 2.18. The quantitative estimate of drug-likeness (QED) is 0.481. The van der Waals surface area contributed by atoms with Crippen molar-refractivity contribution in [3.63, 3.8) is 0 Å². The molecule has 0 aromatic heterocycles. The molecule has 1 aromatic carbocycles. The van der Waals surface area contributed by atoms with E-state index in [1.54, 1.807) is 7.05 Å². The van der Waals surface area contributed by atoms with Crippen LogP contribution in [0.5, 0.6) is 0 Å². The Kier molecular flexibility index (Phi) is 5.37. The van der Waals surface area contributed by atoms with Crippen LogP contribution >= 0.6 is 0 Å². The first-order valence-corrected chi connectivity index (χ1v) is 5.81. The van der Waals surface area contributed by atoms with Crippen molar-refractivity contribution in [2.24, 2.45) is 0 Å². The molecule has 0 atom stereocenters. The normalized spacial score (nSPS) is 10.3. The second-order valence-corrected chi connectivity index (χ2v) is 4.11. The predicted octanol–water partition coefficient (Wildman–Crippen LogP) is 1.42. The second-order valence-electron chi connectivity index (χ2n) is 4.11. The average molecular weight is 269 g/mol. The molecule has 6 nitrogen and oxygen atoms in total. The van der Waals surface area contributed by atoms with Gasteiger partial charge >= 0.3 is 0 Å². The first kappa shape index (κ1) is 15.0. The van der Waals surface area contributed by atoms with Gasteiger partial charge in [-0.3, -0.25) is 14.9 Å². The Morgan fingerprint density at radius 1 is 1.53 bits per heavy atom. The van der Waals surface area contributed by atoms with Gasteiger partial charge < -0.3 is 10.2 Å². The summed E-state index contributed by atoms with van der Waals surface area (Å²) in [5, 5.41) is 13.6. The number of nitrogens with zero attached hydrogens (tertiary/aromatic N) is 2. The van der Waals surface area contributed by atoms with Gasteiger partial charge in [0, 0.05) is 25.7 Å². The van der Waals surface area contributed by atoms with Gasteiger partial charge in [-0.2, -0.15) is 0 Å². The number of benzene rings is 1. The molecule has 1 N–H and O–H groups in total. The van der Waals surface area contributed by atoms with Gasteiger partial charge in [-0.1, -0.05) is 0 Å². The molecule has 0 aliphatic heterocycles. The van der Waals surface area contributed by atoms with Crippen LogP contribution in [-0.4, -0.2) is 42.9 Å². The van der Waals surface area contributed by atoms with Crippen LogP contribution in [0, 0.1) is 15.9 Å². The van der Waals surface area contributed by atoms with Crippen molar-refractivity contribution in [1.82, 2.24) is 10.2 Å². The molecule has 1 rings (SSSR count). The highest BCUT2D eigenvalue weighted by atomic mass is 19.1. The Hall–Kier alpha value is -2.02. The molecule has 0 radical (unpaired) electrons. The van der Waals surface area contributed by atoms with Crippen LogP contribution in [-0.2, 0) is 0 Å². The minimum atomic E-state index is -0.754. The van der Waals surface area contributed by atoms with Gasteiger partial charge in [-0.25, -0.2) is 4.39 Å². The molecular weight excluding hydrogens is 253 g/mol. The number of hydrogen-bond donors (Lipinski definition) is 1. The van der Waals surface area contributed by atoms with Gasteiger partial charge in [-0.15, -0.1) is 0 Å². The summed E-state index contributed by atoms with van der Waals surface area (Å²) in [7, 11) is 3.33. The number of nitrogens with one attached hydrogen (secondary N) is 1. The first-order valence-electron chi connectivity index (χ1n) is 5.81. The van der Waals surface area contributed by atoms with Crippen molar-refractivity contribution < 1.29 is 14.1 Å². The number of non-ortho nitro benzene ring substituents is 1. The van der Waals surface area contributed by atoms with Crippen molar-refractivity contribution in [2.45, 2.75) is 6.42 Å². The zero-order chi connectivity index (χ0) is 14.4. The Balaban J connectivity index is 2.86. The lowest BCUT2D eigenvalue weighted by atomic mass is 10.1. The van der Waals surface area contributed by atoms with Crippen LogP contribution in [0.2, 0.25) is 0 Å². The topological polar surface area (TPSA) is 75.5 Å². The number of carbonyl (C=O) groups is 1. The molecule has 0 aliphatic rings. The van der Waals surface area contributed by atoms with Gasteiger partial charge in [0.25, 0.3) is 11.6 Å². The van der Waals surface area contributed by atoms with Crippen molar-refractivity contribution in [3.05, 3.63) is 39.7 Å². The van der Waals surface area contributed by atoms with Gasteiger partial charge in [0.15, 0.2) is 0 Å². The first-order chi connectivity index (χ1) is 8.97. The lowest BCUT2D eigenvalue weighted by molar-refractivity contribution is -0.384. The fourth-order valence-corrected chi connectivity index (χ4v) is 1.59. The largest absolute Gasteiger partial charge is 0.342 e. The minimum Gasteiger partial charge on any atom is -0.342 e. The fourth-order valence-electron chi connectivity index (χ4n) is 1.59. The Morgan fingerprint density at radius 2 is 2.21 bits per heavy atom. The molecule has 0 fully saturated rings. The maximum absolute atomic E-state index is 13.5. The molecule has 0 bridgehead atoms. The fraction of sp³-hybridized carbons (Fsp3) is 0.417. The van der Waals surface area contributed by atoms with Crippen molar-refractivity contribution in [3.8, 4) is 0 Å². The molecule has 1 amide bonds. The molecule has 19 heavy (non-hydrogen) atoms. The van der Waals surface area contributed by atoms with Crippen LogP contribution in [0.15, 0.2) is 18.2 Å². The van der Waals surface area contributed by atoms with Crippen LogP contribution < -0.4 is 5.32 Å². The number of nitro benzene ring substituents is 1. The highest BCUT2D eigenvalue weighted by molar-refractivity contribution is 5.94. The summed E-state index contributed by atoms with van der Waals surface area (Å²) in [6.07, 6.45) is 0.718. The van der Waals surface area contributed by atoms with Crippen LogP contribution in [0.4, 0.5) is 10.1 Å². The van der Waals surface area contributed by atoms with Crippen LogP contribution in [0.1, 0.15) is 16.8 Å².